The molecule has 11 nitrogen and oxygen atoms in total. The van der Waals surface area contributed by atoms with Crippen LogP contribution in [0.25, 0.3) is 22.2 Å². The van der Waals surface area contributed by atoms with Crippen LogP contribution in [0.2, 0.25) is 0 Å². The van der Waals surface area contributed by atoms with E-state index in [1.54, 1.807) is 44.0 Å². The molecule has 50 heavy (non-hydrogen) atoms. The zero-order valence-corrected chi connectivity index (χ0v) is 29.8. The Hall–Kier alpha value is -4.23. The van der Waals surface area contributed by atoms with E-state index in [0.717, 1.165) is 33.3 Å². The monoisotopic (exact) mass is 702 g/mol. The van der Waals surface area contributed by atoms with Gasteiger partial charge in [0.2, 0.25) is 15.9 Å². The number of aromatic nitrogens is 1. The summed E-state index contributed by atoms with van der Waals surface area (Å²) in [5, 5.41) is 11.9. The minimum Gasteiger partial charge on any atom is -0.427 e. The molecule has 1 saturated carbocycles. The number of ether oxygens (including phenoxy) is 1. The average molecular weight is 703 g/mol. The molecule has 12 heteroatoms. The Labute approximate surface area is 293 Å². The number of H-pyrrole nitrogens is 1. The zero-order chi connectivity index (χ0) is 35.6. The lowest BCUT2D eigenvalue weighted by atomic mass is 9.85. The van der Waals surface area contributed by atoms with Gasteiger partial charge in [0.05, 0.1) is 30.6 Å². The van der Waals surface area contributed by atoms with Crippen LogP contribution in [0, 0.1) is 12.8 Å². The highest BCUT2D eigenvalue weighted by molar-refractivity contribution is 7.89. The van der Waals surface area contributed by atoms with Crippen molar-refractivity contribution in [3.8, 4) is 11.3 Å². The number of piperazine rings is 1. The second-order valence-electron chi connectivity index (χ2n) is 14.3. The lowest BCUT2D eigenvalue weighted by Crippen LogP contribution is -2.53. The Bertz CT molecular complexity index is 1950. The van der Waals surface area contributed by atoms with Crippen molar-refractivity contribution in [1.82, 2.24) is 19.7 Å². The SMILES string of the molecule is Cc1cc(CO)ccc1-c1cc2ccc(S(=O)(=O)NC3CCC(C(=O)N4CCN(OC(=O)OC(C)(C)C)C[C@@H]4c4ccccc4)CC3)cc2[nH]1. The van der Waals surface area contributed by atoms with Gasteiger partial charge >= 0.3 is 6.16 Å². The van der Waals surface area contributed by atoms with Gasteiger partial charge in [0.1, 0.15) is 5.60 Å². The molecule has 1 saturated heterocycles. The van der Waals surface area contributed by atoms with E-state index < -0.39 is 21.8 Å². The number of rotatable bonds is 8. The minimum absolute atomic E-state index is 0.0272. The molecule has 3 N–H and O–H groups in total. The lowest BCUT2D eigenvalue weighted by Gasteiger charge is -2.42. The van der Waals surface area contributed by atoms with Gasteiger partial charge < -0.3 is 24.6 Å². The maximum Gasteiger partial charge on any atom is 0.528 e. The highest BCUT2D eigenvalue weighted by Gasteiger charge is 2.38. The molecule has 2 heterocycles. The van der Waals surface area contributed by atoms with Gasteiger partial charge in [0, 0.05) is 40.7 Å². The number of carbonyl (C=O) groups excluding carboxylic acids is 2. The molecular formula is C38H46N4O7S. The molecule has 1 aliphatic heterocycles. The van der Waals surface area contributed by atoms with E-state index in [4.69, 9.17) is 9.57 Å². The van der Waals surface area contributed by atoms with Crippen molar-refractivity contribution in [3.63, 3.8) is 0 Å². The molecule has 266 valence electrons. The highest BCUT2D eigenvalue weighted by atomic mass is 32.2. The van der Waals surface area contributed by atoms with E-state index in [-0.39, 0.29) is 35.4 Å². The molecule has 6 rings (SSSR count). The van der Waals surface area contributed by atoms with Gasteiger partial charge in [0.25, 0.3) is 0 Å². The number of hydrogen-bond donors (Lipinski definition) is 3. The van der Waals surface area contributed by atoms with Crippen LogP contribution in [0.3, 0.4) is 0 Å². The normalized spacial score (nSPS) is 20.5. The summed E-state index contributed by atoms with van der Waals surface area (Å²) in [7, 11) is -3.80. The predicted octanol–water partition coefficient (Wildman–Crippen LogP) is 6.22. The summed E-state index contributed by atoms with van der Waals surface area (Å²) in [6.07, 6.45) is 1.45. The van der Waals surface area contributed by atoms with E-state index in [2.05, 4.69) is 9.71 Å². The van der Waals surface area contributed by atoms with Crippen LogP contribution in [-0.2, 0) is 31.0 Å². The first-order valence-electron chi connectivity index (χ1n) is 17.2. The van der Waals surface area contributed by atoms with Gasteiger partial charge in [-0.1, -0.05) is 54.6 Å². The fourth-order valence-corrected chi connectivity index (χ4v) is 8.29. The number of nitrogens with zero attached hydrogens (tertiary/aromatic N) is 2. The first kappa shape index (κ1) is 35.6. The molecule has 2 fully saturated rings. The number of sulfonamides is 1. The van der Waals surface area contributed by atoms with Gasteiger partial charge in [-0.25, -0.2) is 17.9 Å². The third kappa shape index (κ3) is 8.21. The number of carbonyl (C=O) groups is 2. The van der Waals surface area contributed by atoms with Crippen molar-refractivity contribution in [2.45, 2.75) is 82.6 Å². The Morgan fingerprint density at radius 3 is 2.38 bits per heavy atom. The maximum atomic E-state index is 14.0. The first-order valence-corrected chi connectivity index (χ1v) is 18.6. The maximum absolute atomic E-state index is 14.0. The van der Waals surface area contributed by atoms with E-state index >= 15 is 0 Å². The molecule has 1 aliphatic carbocycles. The van der Waals surface area contributed by atoms with Gasteiger partial charge in [-0.05, 0) is 88.3 Å². The summed E-state index contributed by atoms with van der Waals surface area (Å²) >= 11 is 0. The predicted molar refractivity (Wildman–Crippen MR) is 190 cm³/mol. The lowest BCUT2D eigenvalue weighted by molar-refractivity contribution is -0.176. The summed E-state index contributed by atoms with van der Waals surface area (Å²) in [4.78, 5) is 37.3. The second-order valence-corrected chi connectivity index (χ2v) is 16.0. The highest BCUT2D eigenvalue weighted by Crippen LogP contribution is 2.34. The van der Waals surface area contributed by atoms with Crippen molar-refractivity contribution >= 4 is 33.0 Å². The van der Waals surface area contributed by atoms with Crippen LogP contribution in [0.1, 0.15) is 69.2 Å². The topological polar surface area (TPSA) is 141 Å². The number of aliphatic hydroxyl groups excluding tert-OH is 1. The molecule has 1 aromatic heterocycles. The summed E-state index contributed by atoms with van der Waals surface area (Å²) < 4.78 is 35.3. The number of nitrogens with one attached hydrogen (secondary N) is 2. The van der Waals surface area contributed by atoms with Gasteiger partial charge in [0.15, 0.2) is 0 Å². The van der Waals surface area contributed by atoms with E-state index in [1.807, 2.05) is 66.4 Å². The van der Waals surface area contributed by atoms with Crippen LogP contribution >= 0.6 is 0 Å². The minimum atomic E-state index is -3.80. The van der Waals surface area contributed by atoms with E-state index in [9.17, 15) is 23.1 Å². The Kier molecular flexibility index (Phi) is 10.4. The Morgan fingerprint density at radius 2 is 1.70 bits per heavy atom. The summed E-state index contributed by atoms with van der Waals surface area (Å²) in [5.41, 5.74) is 4.68. The average Bonchev–Trinajstić information content (AvgIpc) is 3.51. The fraction of sp³-hybridized carbons (Fsp3) is 0.421. The number of benzene rings is 3. The molecule has 0 bridgehead atoms. The van der Waals surface area contributed by atoms with Crippen molar-refractivity contribution in [2.24, 2.45) is 5.92 Å². The smallest absolute Gasteiger partial charge is 0.427 e. The quantitative estimate of drug-likeness (QED) is 0.184. The molecule has 4 aromatic rings. The van der Waals surface area contributed by atoms with Crippen LogP contribution in [0.4, 0.5) is 4.79 Å². The summed E-state index contributed by atoms with van der Waals surface area (Å²) in [5.74, 6) is -0.199. The Morgan fingerprint density at radius 1 is 0.960 bits per heavy atom. The number of aryl methyl sites for hydroxylation is 1. The molecular weight excluding hydrogens is 657 g/mol. The van der Waals surface area contributed by atoms with E-state index in [1.165, 1.54) is 0 Å². The molecule has 0 unspecified atom stereocenters. The molecule has 2 aliphatic rings. The number of amides is 1. The number of hydroxylamine groups is 2. The van der Waals surface area contributed by atoms with Crippen molar-refractivity contribution in [2.75, 3.05) is 19.6 Å². The van der Waals surface area contributed by atoms with Gasteiger partial charge in [-0.3, -0.25) is 4.79 Å². The number of aliphatic hydroxyl groups is 1. The Balaban J connectivity index is 1.08. The van der Waals surface area contributed by atoms with Crippen LogP contribution in [-0.4, -0.2) is 71.8 Å². The van der Waals surface area contributed by atoms with Crippen molar-refractivity contribution < 1.29 is 32.7 Å². The van der Waals surface area contributed by atoms with Crippen LogP contribution in [0.15, 0.2) is 77.7 Å². The van der Waals surface area contributed by atoms with Crippen molar-refractivity contribution in [3.05, 3.63) is 89.5 Å². The molecule has 1 amide bonds. The third-order valence-electron chi connectivity index (χ3n) is 9.47. The van der Waals surface area contributed by atoms with Gasteiger partial charge in [-0.2, -0.15) is 0 Å². The number of fused-ring (bicyclic) bond motifs is 1. The number of aromatic amines is 1. The van der Waals surface area contributed by atoms with Crippen LogP contribution < -0.4 is 4.72 Å². The van der Waals surface area contributed by atoms with Crippen molar-refractivity contribution in [1.29, 1.82) is 0 Å². The number of hydrogen-bond acceptors (Lipinski definition) is 8. The zero-order valence-electron chi connectivity index (χ0n) is 29.0. The third-order valence-corrected chi connectivity index (χ3v) is 11.0. The first-order chi connectivity index (χ1) is 23.8. The van der Waals surface area contributed by atoms with Gasteiger partial charge in [-0.15, -0.1) is 5.06 Å². The van der Waals surface area contributed by atoms with E-state index in [0.29, 0.717) is 50.8 Å². The van der Waals surface area contributed by atoms with Crippen LogP contribution in [0.5, 0.6) is 0 Å². The molecule has 0 spiro atoms. The largest absolute Gasteiger partial charge is 0.528 e. The standard InChI is InChI=1S/C38H46N4O7S/c1-25-20-26(24-43)10-17-32(25)34-21-29-13-16-31(22-33(29)39-34)50(46,47)40-30-14-11-28(12-15-30)36(44)42-19-18-41(49-37(45)48-38(2,3)4)23-35(42)27-8-6-5-7-9-27/h5-10,13,16-17,20-22,28,30,35,39-40,43H,11-12,14-15,18-19,23-24H2,1-4H3/t28?,30?,35-/m1/s1. The fourth-order valence-electron chi connectivity index (χ4n) is 6.96. The summed E-state index contributed by atoms with van der Waals surface area (Å²) in [6.45, 7) is 8.32. The molecule has 1 atom stereocenters. The molecule has 3 aromatic carbocycles. The second kappa shape index (κ2) is 14.6. The molecule has 0 radical (unpaired) electrons. The summed E-state index contributed by atoms with van der Waals surface area (Å²) in [6, 6.07) is 21.9.